The van der Waals surface area contributed by atoms with Gasteiger partial charge in [-0.1, -0.05) is 44.0 Å². The van der Waals surface area contributed by atoms with Crippen LogP contribution in [0.4, 0.5) is 0 Å². The SMILES string of the molecule is CCCCCNC(=O)c1ccc(OC)c2ccccc12. The van der Waals surface area contributed by atoms with Gasteiger partial charge in [0, 0.05) is 17.5 Å². The van der Waals surface area contributed by atoms with Gasteiger partial charge in [0.15, 0.2) is 0 Å². The molecule has 0 aromatic heterocycles. The van der Waals surface area contributed by atoms with Gasteiger partial charge in [0.1, 0.15) is 5.75 Å². The van der Waals surface area contributed by atoms with E-state index in [2.05, 4.69) is 12.2 Å². The van der Waals surface area contributed by atoms with E-state index in [-0.39, 0.29) is 5.91 Å². The predicted molar refractivity (Wildman–Crippen MR) is 82.4 cm³/mol. The second-order valence-corrected chi connectivity index (χ2v) is 4.82. The summed E-state index contributed by atoms with van der Waals surface area (Å²) in [4.78, 5) is 12.3. The predicted octanol–water partition coefficient (Wildman–Crippen LogP) is 3.77. The molecular formula is C17H21NO2. The summed E-state index contributed by atoms with van der Waals surface area (Å²) in [6.07, 6.45) is 3.32. The molecule has 0 saturated heterocycles. The van der Waals surface area contributed by atoms with Crippen LogP contribution in [0, 0.1) is 0 Å². The summed E-state index contributed by atoms with van der Waals surface area (Å²) in [6.45, 7) is 2.88. The number of unbranched alkanes of at least 4 members (excludes halogenated alkanes) is 2. The standard InChI is InChI=1S/C17H21NO2/c1-3-4-7-12-18-17(19)15-10-11-16(20-2)14-9-6-5-8-13(14)15/h5-6,8-11H,3-4,7,12H2,1-2H3,(H,18,19). The van der Waals surface area contributed by atoms with Crippen molar-refractivity contribution in [2.45, 2.75) is 26.2 Å². The molecule has 0 heterocycles. The third kappa shape index (κ3) is 3.10. The van der Waals surface area contributed by atoms with Crippen LogP contribution in [0.3, 0.4) is 0 Å². The number of fused-ring (bicyclic) bond motifs is 1. The van der Waals surface area contributed by atoms with Gasteiger partial charge in [-0.3, -0.25) is 4.79 Å². The minimum atomic E-state index is -0.0139. The first kappa shape index (κ1) is 14.4. The van der Waals surface area contributed by atoms with Crippen LogP contribution in [0.2, 0.25) is 0 Å². The number of hydrogen-bond acceptors (Lipinski definition) is 2. The van der Waals surface area contributed by atoms with Crippen molar-refractivity contribution in [2.75, 3.05) is 13.7 Å². The van der Waals surface area contributed by atoms with E-state index >= 15 is 0 Å². The van der Waals surface area contributed by atoms with Gasteiger partial charge in [0.25, 0.3) is 5.91 Å². The van der Waals surface area contributed by atoms with Gasteiger partial charge in [-0.2, -0.15) is 0 Å². The normalized spacial score (nSPS) is 10.5. The third-order valence-electron chi connectivity index (χ3n) is 3.41. The Bertz CT molecular complexity index is 593. The highest BCUT2D eigenvalue weighted by atomic mass is 16.5. The third-order valence-corrected chi connectivity index (χ3v) is 3.41. The van der Waals surface area contributed by atoms with Gasteiger partial charge in [0.2, 0.25) is 0 Å². The van der Waals surface area contributed by atoms with Gasteiger partial charge >= 0.3 is 0 Å². The highest BCUT2D eigenvalue weighted by Gasteiger charge is 2.11. The molecule has 2 rings (SSSR count). The number of nitrogens with one attached hydrogen (secondary N) is 1. The van der Waals surface area contributed by atoms with Crippen molar-refractivity contribution in [3.05, 3.63) is 42.0 Å². The summed E-state index contributed by atoms with van der Waals surface area (Å²) in [5.41, 5.74) is 0.706. The lowest BCUT2D eigenvalue weighted by atomic mass is 10.0. The summed E-state index contributed by atoms with van der Waals surface area (Å²) in [5.74, 6) is 0.781. The van der Waals surface area contributed by atoms with E-state index in [4.69, 9.17) is 4.74 Å². The zero-order chi connectivity index (χ0) is 14.4. The molecule has 2 aromatic carbocycles. The number of ether oxygens (including phenoxy) is 1. The summed E-state index contributed by atoms with van der Waals surface area (Å²) < 4.78 is 5.34. The van der Waals surface area contributed by atoms with E-state index < -0.39 is 0 Å². The van der Waals surface area contributed by atoms with Crippen LogP contribution in [0.15, 0.2) is 36.4 Å². The lowest BCUT2D eigenvalue weighted by Crippen LogP contribution is -2.24. The number of rotatable bonds is 6. The molecule has 0 bridgehead atoms. The van der Waals surface area contributed by atoms with Crippen LogP contribution in [0.5, 0.6) is 5.75 Å². The molecule has 3 nitrogen and oxygen atoms in total. The monoisotopic (exact) mass is 271 g/mol. The topological polar surface area (TPSA) is 38.3 Å². The lowest BCUT2D eigenvalue weighted by molar-refractivity contribution is 0.0954. The zero-order valence-electron chi connectivity index (χ0n) is 12.1. The fourth-order valence-electron chi connectivity index (χ4n) is 2.32. The van der Waals surface area contributed by atoms with Crippen LogP contribution in [-0.4, -0.2) is 19.6 Å². The Morgan fingerprint density at radius 3 is 2.55 bits per heavy atom. The van der Waals surface area contributed by atoms with E-state index in [1.165, 1.54) is 0 Å². The first-order valence-electron chi connectivity index (χ1n) is 7.12. The molecule has 2 aromatic rings. The molecular weight excluding hydrogens is 250 g/mol. The van der Waals surface area contributed by atoms with Gasteiger partial charge < -0.3 is 10.1 Å². The van der Waals surface area contributed by atoms with Crippen molar-refractivity contribution in [2.24, 2.45) is 0 Å². The molecule has 0 fully saturated rings. The Hall–Kier alpha value is -2.03. The van der Waals surface area contributed by atoms with Crippen LogP contribution in [0.1, 0.15) is 36.5 Å². The zero-order valence-corrected chi connectivity index (χ0v) is 12.1. The van der Waals surface area contributed by atoms with Crippen molar-refractivity contribution < 1.29 is 9.53 Å². The van der Waals surface area contributed by atoms with Crippen LogP contribution >= 0.6 is 0 Å². The molecule has 1 amide bonds. The minimum absolute atomic E-state index is 0.0139. The number of amides is 1. The Kier molecular flexibility index (Phi) is 4.99. The molecule has 106 valence electrons. The molecule has 1 N–H and O–H groups in total. The molecule has 0 spiro atoms. The Balaban J connectivity index is 2.24. The van der Waals surface area contributed by atoms with E-state index in [0.717, 1.165) is 42.3 Å². The fourth-order valence-corrected chi connectivity index (χ4v) is 2.32. The summed E-state index contributed by atoms with van der Waals surface area (Å²) >= 11 is 0. The molecule has 0 radical (unpaired) electrons. The lowest BCUT2D eigenvalue weighted by Gasteiger charge is -2.10. The van der Waals surface area contributed by atoms with E-state index in [9.17, 15) is 4.79 Å². The first-order valence-corrected chi connectivity index (χ1v) is 7.12. The van der Waals surface area contributed by atoms with Crippen molar-refractivity contribution in [3.63, 3.8) is 0 Å². The number of hydrogen-bond donors (Lipinski definition) is 1. The van der Waals surface area contributed by atoms with Crippen LogP contribution in [0.25, 0.3) is 10.8 Å². The smallest absolute Gasteiger partial charge is 0.251 e. The Morgan fingerprint density at radius 2 is 1.85 bits per heavy atom. The second kappa shape index (κ2) is 6.94. The largest absolute Gasteiger partial charge is 0.496 e. The average Bonchev–Trinajstić information content (AvgIpc) is 2.50. The van der Waals surface area contributed by atoms with Crippen LogP contribution < -0.4 is 10.1 Å². The molecule has 3 heteroatoms. The molecule has 0 aliphatic rings. The molecule has 20 heavy (non-hydrogen) atoms. The van der Waals surface area contributed by atoms with Gasteiger partial charge in [0.05, 0.1) is 7.11 Å². The number of carbonyl (C=O) groups is 1. The fraction of sp³-hybridized carbons (Fsp3) is 0.353. The summed E-state index contributed by atoms with van der Waals surface area (Å²) in [6, 6.07) is 11.5. The number of methoxy groups -OCH3 is 1. The highest BCUT2D eigenvalue weighted by Crippen LogP contribution is 2.28. The molecule has 0 atom stereocenters. The Labute approximate surface area is 119 Å². The maximum Gasteiger partial charge on any atom is 0.251 e. The molecule has 0 aliphatic carbocycles. The quantitative estimate of drug-likeness (QED) is 0.812. The maximum absolute atomic E-state index is 12.3. The van der Waals surface area contributed by atoms with E-state index in [0.29, 0.717) is 5.56 Å². The van der Waals surface area contributed by atoms with E-state index in [1.807, 2.05) is 36.4 Å². The van der Waals surface area contributed by atoms with Gasteiger partial charge in [-0.05, 0) is 23.9 Å². The molecule has 0 unspecified atom stereocenters. The van der Waals surface area contributed by atoms with Crippen molar-refractivity contribution in [1.82, 2.24) is 5.32 Å². The Morgan fingerprint density at radius 1 is 1.10 bits per heavy atom. The minimum Gasteiger partial charge on any atom is -0.496 e. The molecule has 0 aliphatic heterocycles. The maximum atomic E-state index is 12.3. The molecule has 0 saturated carbocycles. The highest BCUT2D eigenvalue weighted by molar-refractivity contribution is 6.08. The van der Waals surface area contributed by atoms with Crippen molar-refractivity contribution >= 4 is 16.7 Å². The average molecular weight is 271 g/mol. The summed E-state index contributed by atoms with van der Waals surface area (Å²) in [7, 11) is 1.65. The van der Waals surface area contributed by atoms with Gasteiger partial charge in [-0.15, -0.1) is 0 Å². The number of benzene rings is 2. The van der Waals surface area contributed by atoms with Gasteiger partial charge in [-0.25, -0.2) is 0 Å². The summed E-state index contributed by atoms with van der Waals surface area (Å²) in [5, 5.41) is 4.88. The van der Waals surface area contributed by atoms with Crippen molar-refractivity contribution in [3.8, 4) is 5.75 Å². The second-order valence-electron chi connectivity index (χ2n) is 4.82. The van der Waals surface area contributed by atoms with Crippen LogP contribution in [-0.2, 0) is 0 Å². The van der Waals surface area contributed by atoms with E-state index in [1.54, 1.807) is 7.11 Å². The first-order chi connectivity index (χ1) is 9.77. The number of carbonyl (C=O) groups excluding carboxylic acids is 1. The van der Waals surface area contributed by atoms with Crippen molar-refractivity contribution in [1.29, 1.82) is 0 Å².